The summed E-state index contributed by atoms with van der Waals surface area (Å²) in [7, 11) is 3.68. The van der Waals surface area contributed by atoms with Gasteiger partial charge in [-0.15, -0.1) is 0 Å². The second-order valence-corrected chi connectivity index (χ2v) is 5.88. The lowest BCUT2D eigenvalue weighted by molar-refractivity contribution is 0.415. The van der Waals surface area contributed by atoms with Crippen molar-refractivity contribution in [1.82, 2.24) is 15.3 Å². The molecule has 104 valence electrons. The van der Waals surface area contributed by atoms with Crippen LogP contribution in [0.5, 0.6) is 5.75 Å². The lowest BCUT2D eigenvalue weighted by Crippen LogP contribution is -2.32. The van der Waals surface area contributed by atoms with Crippen LogP contribution in [0.4, 0.5) is 0 Å². The van der Waals surface area contributed by atoms with Crippen LogP contribution < -0.4 is 10.1 Å². The number of nitrogens with zero attached hydrogens (tertiary/aromatic N) is 1. The molecule has 0 aliphatic carbocycles. The van der Waals surface area contributed by atoms with Gasteiger partial charge in [-0.25, -0.2) is 4.98 Å². The van der Waals surface area contributed by atoms with Crippen molar-refractivity contribution in [3.8, 4) is 5.75 Å². The Morgan fingerprint density at radius 1 is 1.42 bits per heavy atom. The van der Waals surface area contributed by atoms with Crippen LogP contribution in [0, 0.1) is 5.92 Å². The number of nitrogens with one attached hydrogen (secondary N) is 2. The van der Waals surface area contributed by atoms with Crippen molar-refractivity contribution >= 4 is 22.8 Å². The van der Waals surface area contributed by atoms with Crippen molar-refractivity contribution in [2.75, 3.05) is 19.9 Å². The van der Waals surface area contributed by atoms with E-state index in [1.807, 2.05) is 25.2 Å². The van der Waals surface area contributed by atoms with E-state index >= 15 is 0 Å². The molecule has 19 heavy (non-hydrogen) atoms. The molecule has 0 aliphatic heterocycles. The van der Waals surface area contributed by atoms with Gasteiger partial charge in [0.05, 0.1) is 18.1 Å². The molecular formula is C14H21N3OS. The topological polar surface area (TPSA) is 49.9 Å². The fourth-order valence-corrected chi connectivity index (χ4v) is 3.17. The van der Waals surface area contributed by atoms with Gasteiger partial charge in [0.1, 0.15) is 5.75 Å². The monoisotopic (exact) mass is 279 g/mol. The zero-order chi connectivity index (χ0) is 13.8. The Morgan fingerprint density at radius 2 is 2.21 bits per heavy atom. The van der Waals surface area contributed by atoms with Crippen molar-refractivity contribution in [2.45, 2.75) is 25.0 Å². The maximum atomic E-state index is 5.21. The molecule has 0 saturated carbocycles. The molecule has 2 rings (SSSR count). The molecule has 0 amide bonds. The van der Waals surface area contributed by atoms with Gasteiger partial charge in [-0.05, 0) is 25.1 Å². The van der Waals surface area contributed by atoms with E-state index < -0.39 is 0 Å². The van der Waals surface area contributed by atoms with E-state index in [-0.39, 0.29) is 0 Å². The van der Waals surface area contributed by atoms with E-state index in [1.54, 1.807) is 18.9 Å². The van der Waals surface area contributed by atoms with E-state index in [0.717, 1.165) is 27.7 Å². The Hall–Kier alpha value is -1.20. The third-order valence-corrected chi connectivity index (χ3v) is 4.24. The molecule has 1 aromatic carbocycles. The van der Waals surface area contributed by atoms with Gasteiger partial charge in [-0.3, -0.25) is 0 Å². The normalized spacial score (nSPS) is 13.1. The number of methoxy groups -OCH3 is 1. The predicted molar refractivity (Wildman–Crippen MR) is 81.1 cm³/mol. The second kappa shape index (κ2) is 6.30. The summed E-state index contributed by atoms with van der Waals surface area (Å²) in [6.45, 7) is 4.45. The zero-order valence-corrected chi connectivity index (χ0v) is 12.7. The smallest absolute Gasteiger partial charge is 0.166 e. The molecule has 0 spiro atoms. The Bertz CT molecular complexity index is 538. The molecule has 2 N–H and O–H groups in total. The summed E-state index contributed by atoms with van der Waals surface area (Å²) in [5.41, 5.74) is 2.00. The minimum absolute atomic E-state index is 0.493. The number of thioether (sulfide) groups is 1. The van der Waals surface area contributed by atoms with Crippen molar-refractivity contribution in [3.05, 3.63) is 18.2 Å². The average molecular weight is 279 g/mol. The molecule has 0 radical (unpaired) electrons. The number of aromatic amines is 1. The molecule has 5 heteroatoms. The van der Waals surface area contributed by atoms with E-state index in [1.165, 1.54) is 0 Å². The van der Waals surface area contributed by atoms with Crippen LogP contribution in [0.15, 0.2) is 23.4 Å². The first-order chi connectivity index (χ1) is 9.13. The highest BCUT2D eigenvalue weighted by atomic mass is 32.2. The van der Waals surface area contributed by atoms with Gasteiger partial charge < -0.3 is 15.0 Å². The van der Waals surface area contributed by atoms with Gasteiger partial charge in [0, 0.05) is 17.9 Å². The molecular weight excluding hydrogens is 258 g/mol. The Labute approximate surface area is 118 Å². The minimum Gasteiger partial charge on any atom is -0.497 e. The number of hydrogen-bond acceptors (Lipinski definition) is 4. The zero-order valence-electron chi connectivity index (χ0n) is 11.9. The first-order valence-electron chi connectivity index (χ1n) is 6.48. The molecule has 1 unspecified atom stereocenters. The van der Waals surface area contributed by atoms with Crippen molar-refractivity contribution < 1.29 is 4.74 Å². The summed E-state index contributed by atoms with van der Waals surface area (Å²) in [6, 6.07) is 6.38. The van der Waals surface area contributed by atoms with Crippen molar-refractivity contribution in [3.63, 3.8) is 0 Å². The number of aromatic nitrogens is 2. The average Bonchev–Trinajstić information content (AvgIpc) is 2.80. The first kappa shape index (κ1) is 14.2. The number of H-pyrrole nitrogens is 1. The number of fused-ring (bicyclic) bond motifs is 1. The van der Waals surface area contributed by atoms with E-state index in [4.69, 9.17) is 4.74 Å². The molecule has 1 aromatic heterocycles. The number of rotatable bonds is 6. The standard InChI is InChI=1S/C14H21N3OS/c1-9(2)13(15-3)8-19-14-16-11-6-5-10(18-4)7-12(11)17-14/h5-7,9,13,15H,8H2,1-4H3,(H,16,17). The van der Waals surface area contributed by atoms with Gasteiger partial charge >= 0.3 is 0 Å². The van der Waals surface area contributed by atoms with E-state index in [2.05, 4.69) is 29.1 Å². The Balaban J connectivity index is 2.09. The second-order valence-electron chi connectivity index (χ2n) is 4.88. The molecule has 0 aliphatic rings. The van der Waals surface area contributed by atoms with Crippen LogP contribution in [0.1, 0.15) is 13.8 Å². The van der Waals surface area contributed by atoms with Gasteiger partial charge in [0.25, 0.3) is 0 Å². The van der Waals surface area contributed by atoms with Crippen LogP contribution >= 0.6 is 11.8 Å². The van der Waals surface area contributed by atoms with E-state index in [9.17, 15) is 0 Å². The van der Waals surface area contributed by atoms with Crippen LogP contribution in [-0.2, 0) is 0 Å². The summed E-state index contributed by atoms with van der Waals surface area (Å²) >= 11 is 1.75. The lowest BCUT2D eigenvalue weighted by Gasteiger charge is -2.18. The molecule has 0 fully saturated rings. The maximum Gasteiger partial charge on any atom is 0.166 e. The molecule has 0 saturated heterocycles. The Morgan fingerprint density at radius 3 is 2.84 bits per heavy atom. The van der Waals surface area contributed by atoms with E-state index in [0.29, 0.717) is 12.0 Å². The molecule has 1 atom stereocenters. The van der Waals surface area contributed by atoms with Crippen LogP contribution in [0.25, 0.3) is 11.0 Å². The summed E-state index contributed by atoms with van der Waals surface area (Å²) < 4.78 is 5.21. The largest absolute Gasteiger partial charge is 0.497 e. The van der Waals surface area contributed by atoms with Crippen molar-refractivity contribution in [1.29, 1.82) is 0 Å². The molecule has 0 bridgehead atoms. The number of ether oxygens (including phenoxy) is 1. The fraction of sp³-hybridized carbons (Fsp3) is 0.500. The predicted octanol–water partition coefficient (Wildman–Crippen LogP) is 2.91. The van der Waals surface area contributed by atoms with Crippen LogP contribution in [0.3, 0.4) is 0 Å². The highest BCUT2D eigenvalue weighted by Gasteiger charge is 2.12. The summed E-state index contributed by atoms with van der Waals surface area (Å²) in [5, 5.41) is 4.30. The quantitative estimate of drug-likeness (QED) is 0.798. The SMILES string of the molecule is CNC(CSc1nc2ccc(OC)cc2[nH]1)C(C)C. The van der Waals surface area contributed by atoms with Crippen LogP contribution in [-0.4, -0.2) is 35.9 Å². The Kier molecular flexibility index (Phi) is 4.71. The molecule has 1 heterocycles. The van der Waals surface area contributed by atoms with Gasteiger partial charge in [-0.1, -0.05) is 25.6 Å². The first-order valence-corrected chi connectivity index (χ1v) is 7.46. The highest BCUT2D eigenvalue weighted by molar-refractivity contribution is 7.99. The number of benzene rings is 1. The van der Waals surface area contributed by atoms with Crippen molar-refractivity contribution in [2.24, 2.45) is 5.92 Å². The minimum atomic E-state index is 0.493. The van der Waals surface area contributed by atoms with Crippen LogP contribution in [0.2, 0.25) is 0 Å². The highest BCUT2D eigenvalue weighted by Crippen LogP contribution is 2.24. The van der Waals surface area contributed by atoms with Gasteiger partial charge in [-0.2, -0.15) is 0 Å². The summed E-state index contributed by atoms with van der Waals surface area (Å²) in [5.74, 6) is 2.47. The van der Waals surface area contributed by atoms with Gasteiger partial charge in [0.15, 0.2) is 5.16 Å². The number of imidazole rings is 1. The van der Waals surface area contributed by atoms with Gasteiger partial charge in [0.2, 0.25) is 0 Å². The summed E-state index contributed by atoms with van der Waals surface area (Å²) in [6.07, 6.45) is 0. The molecule has 4 nitrogen and oxygen atoms in total. The third kappa shape index (κ3) is 3.42. The fourth-order valence-electron chi connectivity index (χ4n) is 1.94. The third-order valence-electron chi connectivity index (χ3n) is 3.24. The number of hydrogen-bond donors (Lipinski definition) is 2. The maximum absolute atomic E-state index is 5.21. The lowest BCUT2D eigenvalue weighted by atomic mass is 10.1. The summed E-state index contributed by atoms with van der Waals surface area (Å²) in [4.78, 5) is 7.91. The molecule has 2 aromatic rings.